The minimum absolute atomic E-state index is 0.0302. The van der Waals surface area contributed by atoms with E-state index in [1.165, 1.54) is 24.1 Å². The first-order chi connectivity index (χ1) is 15.2. The van der Waals surface area contributed by atoms with E-state index in [1.54, 1.807) is 24.3 Å². The predicted octanol–water partition coefficient (Wildman–Crippen LogP) is 4.13. The van der Waals surface area contributed by atoms with Crippen LogP contribution in [-0.2, 0) is 26.2 Å². The summed E-state index contributed by atoms with van der Waals surface area (Å²) in [5.41, 5.74) is 1.68. The predicted molar refractivity (Wildman–Crippen MR) is 121 cm³/mol. The number of sulfonamides is 1. The van der Waals surface area contributed by atoms with Gasteiger partial charge in [-0.1, -0.05) is 36.6 Å². The Labute approximate surface area is 192 Å². The summed E-state index contributed by atoms with van der Waals surface area (Å²) >= 11 is 6.19. The Morgan fingerprint density at radius 1 is 1.06 bits per heavy atom. The molecule has 1 saturated heterocycles. The van der Waals surface area contributed by atoms with Gasteiger partial charge in [-0.25, -0.2) is 8.42 Å². The molecule has 0 bridgehead atoms. The molecule has 1 aliphatic carbocycles. The number of nitrogens with zero attached hydrogens (tertiary/aromatic N) is 1. The van der Waals surface area contributed by atoms with Gasteiger partial charge in [0.05, 0.1) is 36.2 Å². The Kier molecular flexibility index (Phi) is 6.18. The number of rotatable bonds is 6. The molecule has 2 amide bonds. The van der Waals surface area contributed by atoms with Crippen molar-refractivity contribution in [2.24, 2.45) is 11.8 Å². The Morgan fingerprint density at radius 2 is 1.72 bits per heavy atom. The molecule has 0 radical (unpaired) electrons. The molecule has 170 valence electrons. The topological polar surface area (TPSA) is 92.8 Å². The van der Waals surface area contributed by atoms with E-state index >= 15 is 0 Å². The number of hydrogen-bond donors (Lipinski definition) is 1. The first kappa shape index (κ1) is 22.6. The lowest BCUT2D eigenvalue weighted by atomic mass is 9.81. The molecule has 1 heterocycles. The summed E-state index contributed by atoms with van der Waals surface area (Å²) in [6, 6.07) is 9.64. The standard InChI is InChI=1S/C23H25ClN2O5S/c1-14-7-9-19(18(24)11-14)25-32(29,30)21-12-15(8-10-20(21)31-2)13-26-22(27)16-5-3-4-6-17(16)23(26)28/h7-12,16-17,25H,3-6,13H2,1-2H3. The lowest BCUT2D eigenvalue weighted by Gasteiger charge is -2.19. The van der Waals surface area contributed by atoms with E-state index in [9.17, 15) is 18.0 Å². The van der Waals surface area contributed by atoms with Crippen LogP contribution in [0.1, 0.15) is 36.8 Å². The van der Waals surface area contributed by atoms with Gasteiger partial charge in [0.2, 0.25) is 11.8 Å². The van der Waals surface area contributed by atoms with Gasteiger partial charge in [-0.2, -0.15) is 0 Å². The molecule has 2 aliphatic rings. The van der Waals surface area contributed by atoms with Crippen molar-refractivity contribution in [2.45, 2.75) is 44.0 Å². The molecule has 1 saturated carbocycles. The molecule has 1 N–H and O–H groups in total. The molecular weight excluding hydrogens is 452 g/mol. The van der Waals surface area contributed by atoms with E-state index < -0.39 is 10.0 Å². The molecule has 1 aliphatic heterocycles. The Bertz CT molecular complexity index is 1160. The number of ether oxygens (including phenoxy) is 1. The van der Waals surface area contributed by atoms with Gasteiger partial charge >= 0.3 is 0 Å². The molecule has 2 aromatic carbocycles. The van der Waals surface area contributed by atoms with Crippen LogP contribution in [0.3, 0.4) is 0 Å². The largest absolute Gasteiger partial charge is 0.495 e. The molecule has 2 aromatic rings. The van der Waals surface area contributed by atoms with Crippen LogP contribution in [0.4, 0.5) is 5.69 Å². The van der Waals surface area contributed by atoms with Gasteiger partial charge in [0.15, 0.2) is 0 Å². The highest BCUT2D eigenvalue weighted by molar-refractivity contribution is 7.92. The monoisotopic (exact) mass is 476 g/mol. The SMILES string of the molecule is COc1ccc(CN2C(=O)C3CCCCC3C2=O)cc1S(=O)(=O)Nc1ccc(C)cc1Cl. The van der Waals surface area contributed by atoms with Crippen molar-refractivity contribution in [3.63, 3.8) is 0 Å². The molecule has 2 atom stereocenters. The molecule has 0 aromatic heterocycles. The molecule has 2 fully saturated rings. The summed E-state index contributed by atoms with van der Waals surface area (Å²) in [4.78, 5) is 26.8. The van der Waals surface area contributed by atoms with Gasteiger partial charge in [-0.05, 0) is 55.2 Å². The normalized spacial score (nSPS) is 20.9. The van der Waals surface area contributed by atoms with Crippen LogP contribution in [0.25, 0.3) is 0 Å². The highest BCUT2D eigenvalue weighted by Crippen LogP contribution is 2.39. The molecule has 7 nitrogen and oxygen atoms in total. The van der Waals surface area contributed by atoms with Crippen molar-refractivity contribution in [1.82, 2.24) is 4.90 Å². The molecule has 32 heavy (non-hydrogen) atoms. The van der Waals surface area contributed by atoms with Crippen LogP contribution in [0, 0.1) is 18.8 Å². The van der Waals surface area contributed by atoms with Crippen molar-refractivity contribution in [3.05, 3.63) is 52.5 Å². The van der Waals surface area contributed by atoms with Crippen LogP contribution >= 0.6 is 11.6 Å². The summed E-state index contributed by atoms with van der Waals surface area (Å²) < 4.78 is 34.0. The minimum atomic E-state index is -4.04. The fourth-order valence-electron chi connectivity index (χ4n) is 4.50. The summed E-state index contributed by atoms with van der Waals surface area (Å²) in [6.45, 7) is 1.89. The maximum absolute atomic E-state index is 13.1. The van der Waals surface area contributed by atoms with Crippen LogP contribution in [0.15, 0.2) is 41.3 Å². The number of amides is 2. The second kappa shape index (κ2) is 8.75. The quantitative estimate of drug-likeness (QED) is 0.632. The van der Waals surface area contributed by atoms with Gasteiger partial charge in [0, 0.05) is 0 Å². The van der Waals surface area contributed by atoms with E-state index in [2.05, 4.69) is 4.72 Å². The van der Waals surface area contributed by atoms with Gasteiger partial charge < -0.3 is 4.74 Å². The number of anilines is 1. The first-order valence-corrected chi connectivity index (χ1v) is 12.4. The number of benzene rings is 2. The van der Waals surface area contributed by atoms with Crippen LogP contribution in [0.5, 0.6) is 5.75 Å². The fraction of sp³-hybridized carbons (Fsp3) is 0.391. The number of halogens is 1. The van der Waals surface area contributed by atoms with Crippen molar-refractivity contribution >= 4 is 39.1 Å². The van der Waals surface area contributed by atoms with Crippen LogP contribution < -0.4 is 9.46 Å². The lowest BCUT2D eigenvalue weighted by molar-refractivity contribution is -0.140. The Hall–Kier alpha value is -2.58. The van der Waals surface area contributed by atoms with Gasteiger partial charge in [0.1, 0.15) is 10.6 Å². The van der Waals surface area contributed by atoms with E-state index in [4.69, 9.17) is 16.3 Å². The Morgan fingerprint density at radius 3 is 2.31 bits per heavy atom. The third kappa shape index (κ3) is 4.21. The second-order valence-corrected chi connectivity index (χ2v) is 10.4. The van der Waals surface area contributed by atoms with Crippen LogP contribution in [0.2, 0.25) is 5.02 Å². The highest BCUT2D eigenvalue weighted by Gasteiger charge is 2.47. The zero-order chi connectivity index (χ0) is 23.0. The maximum atomic E-state index is 13.1. The van der Waals surface area contributed by atoms with Crippen LogP contribution in [-0.4, -0.2) is 32.2 Å². The van der Waals surface area contributed by atoms with Crippen molar-refractivity contribution < 1.29 is 22.7 Å². The van der Waals surface area contributed by atoms with Crippen molar-refractivity contribution in [3.8, 4) is 5.75 Å². The number of carbonyl (C=O) groups excluding carboxylic acids is 2. The van der Waals surface area contributed by atoms with Crippen molar-refractivity contribution in [2.75, 3.05) is 11.8 Å². The number of hydrogen-bond acceptors (Lipinski definition) is 5. The molecule has 0 spiro atoms. The number of nitrogens with one attached hydrogen (secondary N) is 1. The number of fused-ring (bicyclic) bond motifs is 1. The lowest BCUT2D eigenvalue weighted by Crippen LogP contribution is -2.30. The second-order valence-electron chi connectivity index (χ2n) is 8.33. The minimum Gasteiger partial charge on any atom is -0.495 e. The fourth-order valence-corrected chi connectivity index (χ4v) is 6.14. The number of likely N-dealkylation sites (tertiary alicyclic amines) is 1. The Balaban J connectivity index is 1.63. The maximum Gasteiger partial charge on any atom is 0.265 e. The molecule has 9 heteroatoms. The third-order valence-electron chi connectivity index (χ3n) is 6.16. The smallest absolute Gasteiger partial charge is 0.265 e. The molecular formula is C23H25ClN2O5S. The van der Waals surface area contributed by atoms with Gasteiger partial charge in [-0.3, -0.25) is 19.2 Å². The number of imide groups is 1. The average Bonchev–Trinajstić information content (AvgIpc) is 3.01. The highest BCUT2D eigenvalue weighted by atomic mass is 35.5. The molecule has 4 rings (SSSR count). The summed E-state index contributed by atoms with van der Waals surface area (Å²) in [7, 11) is -2.66. The third-order valence-corrected chi connectivity index (χ3v) is 7.86. The zero-order valence-corrected chi connectivity index (χ0v) is 19.5. The van der Waals surface area contributed by atoms with E-state index in [0.717, 1.165) is 31.2 Å². The average molecular weight is 477 g/mol. The van der Waals surface area contributed by atoms with Crippen molar-refractivity contribution in [1.29, 1.82) is 0 Å². The molecule has 2 unspecified atom stereocenters. The number of methoxy groups -OCH3 is 1. The zero-order valence-electron chi connectivity index (χ0n) is 17.9. The van der Waals surface area contributed by atoms with Gasteiger partial charge in [0.25, 0.3) is 10.0 Å². The van der Waals surface area contributed by atoms with E-state index in [-0.39, 0.29) is 51.5 Å². The summed E-state index contributed by atoms with van der Waals surface area (Å²) in [5.74, 6) is -0.669. The van der Waals surface area contributed by atoms with Gasteiger partial charge in [-0.15, -0.1) is 0 Å². The number of carbonyl (C=O) groups is 2. The van der Waals surface area contributed by atoms with E-state index in [0.29, 0.717) is 5.56 Å². The number of aryl methyl sites for hydroxylation is 1. The summed E-state index contributed by atoms with van der Waals surface area (Å²) in [6.07, 6.45) is 3.36. The first-order valence-electron chi connectivity index (χ1n) is 10.5. The van der Waals surface area contributed by atoms with E-state index in [1.807, 2.05) is 6.92 Å². The summed E-state index contributed by atoms with van der Waals surface area (Å²) in [5, 5.41) is 0.277.